The van der Waals surface area contributed by atoms with Gasteiger partial charge in [-0.25, -0.2) is 0 Å². The molecular weight excluding hydrogens is 318 g/mol. The first kappa shape index (κ1) is 21.3. The van der Waals surface area contributed by atoms with Gasteiger partial charge in [-0.1, -0.05) is 75.3 Å². The summed E-state index contributed by atoms with van der Waals surface area (Å²) < 4.78 is 0. The zero-order valence-electron chi connectivity index (χ0n) is 18.9. The van der Waals surface area contributed by atoms with Gasteiger partial charge in [-0.15, -0.1) is 0 Å². The molecule has 0 fully saturated rings. The Balaban J connectivity index is 2.25. The molecule has 0 bridgehead atoms. The summed E-state index contributed by atoms with van der Waals surface area (Å²) in [6.45, 7) is 23.5. The maximum atomic E-state index is 4.77. The van der Waals surface area contributed by atoms with Crippen LogP contribution in [0.25, 0.3) is 0 Å². The van der Waals surface area contributed by atoms with E-state index in [1.807, 2.05) is 6.34 Å². The quantitative estimate of drug-likeness (QED) is 0.666. The summed E-state index contributed by atoms with van der Waals surface area (Å²) in [4.78, 5) is 4.77. The fourth-order valence-corrected chi connectivity index (χ4v) is 5.29. The third-order valence-corrected chi connectivity index (χ3v) is 6.90. The lowest BCUT2D eigenvalue weighted by Crippen LogP contribution is -2.50. The van der Waals surface area contributed by atoms with Crippen LogP contribution in [0.5, 0.6) is 0 Å². The second kappa shape index (κ2) is 7.20. The maximum Gasteiger partial charge on any atom is 0.0831 e. The molecule has 2 aliphatic heterocycles. The Bertz CT molecular complexity index is 550. The molecular formula is C23H43N3. The molecule has 150 valence electrons. The Labute approximate surface area is 162 Å². The first-order valence-corrected chi connectivity index (χ1v) is 10.6. The van der Waals surface area contributed by atoms with Crippen LogP contribution in [-0.2, 0) is 0 Å². The Morgan fingerprint density at radius 2 is 1.73 bits per heavy atom. The fourth-order valence-electron chi connectivity index (χ4n) is 5.29. The van der Waals surface area contributed by atoms with E-state index < -0.39 is 0 Å². The van der Waals surface area contributed by atoms with Crippen LogP contribution in [0.1, 0.15) is 82.1 Å². The van der Waals surface area contributed by atoms with Gasteiger partial charge in [0.15, 0.2) is 0 Å². The molecule has 2 aliphatic rings. The number of rotatable bonds is 6. The zero-order chi connectivity index (χ0) is 19.9. The molecule has 26 heavy (non-hydrogen) atoms. The lowest BCUT2D eigenvalue weighted by molar-refractivity contribution is 0.159. The molecule has 0 saturated heterocycles. The van der Waals surface area contributed by atoms with Crippen molar-refractivity contribution in [3.8, 4) is 0 Å². The summed E-state index contributed by atoms with van der Waals surface area (Å²) in [5.41, 5.74) is 2.01. The highest BCUT2D eigenvalue weighted by atomic mass is 15.1. The highest BCUT2D eigenvalue weighted by Gasteiger charge is 2.47. The van der Waals surface area contributed by atoms with Gasteiger partial charge in [0.25, 0.3) is 0 Å². The monoisotopic (exact) mass is 361 g/mol. The molecule has 0 aromatic rings. The summed E-state index contributed by atoms with van der Waals surface area (Å²) in [6, 6.07) is 1.23. The number of nitrogens with zero attached hydrogens (tertiary/aromatic N) is 1. The van der Waals surface area contributed by atoms with Gasteiger partial charge in [0.05, 0.1) is 18.4 Å². The van der Waals surface area contributed by atoms with E-state index in [1.54, 1.807) is 0 Å². The smallest absolute Gasteiger partial charge is 0.0831 e. The van der Waals surface area contributed by atoms with E-state index in [4.69, 9.17) is 4.99 Å². The summed E-state index contributed by atoms with van der Waals surface area (Å²) in [6.07, 6.45) is 6.78. The highest BCUT2D eigenvalue weighted by Crippen LogP contribution is 2.47. The van der Waals surface area contributed by atoms with Gasteiger partial charge in [0.2, 0.25) is 0 Å². The van der Waals surface area contributed by atoms with Gasteiger partial charge in [-0.2, -0.15) is 0 Å². The summed E-state index contributed by atoms with van der Waals surface area (Å²) >= 11 is 0. The molecule has 0 saturated carbocycles. The Kier molecular flexibility index (Phi) is 5.90. The van der Waals surface area contributed by atoms with Crippen molar-refractivity contribution < 1.29 is 0 Å². The van der Waals surface area contributed by atoms with E-state index in [9.17, 15) is 0 Å². The van der Waals surface area contributed by atoms with E-state index in [0.717, 1.165) is 6.42 Å². The molecule has 2 heterocycles. The van der Waals surface area contributed by atoms with Crippen molar-refractivity contribution in [2.45, 2.75) is 100 Å². The average molecular weight is 362 g/mol. The van der Waals surface area contributed by atoms with Crippen molar-refractivity contribution in [1.29, 1.82) is 0 Å². The number of aliphatic imine (C=N–C) groups is 1. The minimum Gasteiger partial charge on any atom is -0.385 e. The van der Waals surface area contributed by atoms with Crippen molar-refractivity contribution in [3.05, 3.63) is 11.8 Å². The Morgan fingerprint density at radius 1 is 1.12 bits per heavy atom. The van der Waals surface area contributed by atoms with Crippen LogP contribution in [0.15, 0.2) is 16.8 Å². The van der Waals surface area contributed by atoms with Gasteiger partial charge in [0.1, 0.15) is 0 Å². The molecule has 0 aromatic carbocycles. The van der Waals surface area contributed by atoms with Crippen molar-refractivity contribution >= 4 is 6.34 Å². The van der Waals surface area contributed by atoms with Crippen molar-refractivity contribution in [2.24, 2.45) is 33.1 Å². The number of allylic oxidation sites excluding steroid dienone is 1. The molecule has 0 aliphatic carbocycles. The van der Waals surface area contributed by atoms with Gasteiger partial charge in [0, 0.05) is 17.2 Å². The second-order valence-electron chi connectivity index (χ2n) is 11.1. The molecule has 4 atom stereocenters. The molecule has 2 rings (SSSR count). The van der Waals surface area contributed by atoms with Crippen LogP contribution in [0.3, 0.4) is 0 Å². The number of nitrogens with one attached hydrogen (secondary N) is 2. The van der Waals surface area contributed by atoms with Crippen molar-refractivity contribution in [2.75, 3.05) is 0 Å². The third-order valence-electron chi connectivity index (χ3n) is 6.90. The van der Waals surface area contributed by atoms with Gasteiger partial charge in [-0.05, 0) is 35.5 Å². The van der Waals surface area contributed by atoms with Gasteiger partial charge in [-0.3, -0.25) is 4.99 Å². The van der Waals surface area contributed by atoms with Crippen LogP contribution in [0.4, 0.5) is 0 Å². The predicted molar refractivity (Wildman–Crippen MR) is 114 cm³/mol. The molecule has 3 heteroatoms. The summed E-state index contributed by atoms with van der Waals surface area (Å²) in [5.74, 6) is 1.27. The zero-order valence-corrected chi connectivity index (χ0v) is 18.9. The largest absolute Gasteiger partial charge is 0.385 e. The molecule has 0 radical (unpaired) electrons. The highest BCUT2D eigenvalue weighted by molar-refractivity contribution is 5.59. The van der Waals surface area contributed by atoms with E-state index in [0.29, 0.717) is 30.0 Å². The molecule has 2 N–H and O–H groups in total. The summed E-state index contributed by atoms with van der Waals surface area (Å²) in [7, 11) is 0. The lowest BCUT2D eigenvalue weighted by Gasteiger charge is -2.41. The lowest BCUT2D eigenvalue weighted by atomic mass is 9.67. The fraction of sp³-hybridized carbons (Fsp3) is 0.870. The molecule has 3 nitrogen and oxygen atoms in total. The minimum atomic E-state index is 0.135. The Morgan fingerprint density at radius 3 is 2.15 bits per heavy atom. The first-order valence-electron chi connectivity index (χ1n) is 10.6. The molecule has 0 amide bonds. The standard InChI is InChI=1S/C23H43N3/c1-11-23(16(4)5)13-17(26-18(23)15(2)3)12-22(9,10)20-19(21(6,7)8)24-14-25-20/h13-16,18-20,26H,11-12H2,1-10H3,(H,24,25). The van der Waals surface area contributed by atoms with Crippen LogP contribution in [0.2, 0.25) is 0 Å². The number of hydrogen-bond acceptors (Lipinski definition) is 3. The van der Waals surface area contributed by atoms with Gasteiger partial charge < -0.3 is 10.6 Å². The van der Waals surface area contributed by atoms with Crippen LogP contribution in [0, 0.1) is 28.1 Å². The Hall–Kier alpha value is -0.990. The minimum absolute atomic E-state index is 0.135. The van der Waals surface area contributed by atoms with Crippen molar-refractivity contribution in [3.63, 3.8) is 0 Å². The number of hydrogen-bond donors (Lipinski definition) is 2. The second-order valence-corrected chi connectivity index (χ2v) is 11.1. The predicted octanol–water partition coefficient (Wildman–Crippen LogP) is 5.38. The van der Waals surface area contributed by atoms with E-state index >= 15 is 0 Å². The average Bonchev–Trinajstić information content (AvgIpc) is 3.11. The van der Waals surface area contributed by atoms with Crippen LogP contribution >= 0.6 is 0 Å². The normalized spacial score (nSPS) is 32.2. The SMILES string of the molecule is CCC1(C(C)C)C=C(CC(C)(C)C2NC=NC2C(C)(C)C)NC1C(C)C. The van der Waals surface area contributed by atoms with E-state index in [-0.39, 0.29) is 16.2 Å². The molecule has 0 spiro atoms. The molecule has 4 unspecified atom stereocenters. The van der Waals surface area contributed by atoms with Gasteiger partial charge >= 0.3 is 0 Å². The maximum absolute atomic E-state index is 4.77. The third kappa shape index (κ3) is 3.82. The van der Waals surface area contributed by atoms with Crippen molar-refractivity contribution in [1.82, 2.24) is 10.6 Å². The summed E-state index contributed by atoms with van der Waals surface area (Å²) in [5, 5.41) is 7.51. The first-order chi connectivity index (χ1) is 11.8. The van der Waals surface area contributed by atoms with E-state index in [1.165, 1.54) is 12.1 Å². The van der Waals surface area contributed by atoms with E-state index in [2.05, 4.69) is 85.9 Å². The van der Waals surface area contributed by atoms with Crippen LogP contribution < -0.4 is 10.6 Å². The topological polar surface area (TPSA) is 36.4 Å². The van der Waals surface area contributed by atoms with Crippen LogP contribution in [-0.4, -0.2) is 24.5 Å². The molecule has 0 aromatic heterocycles.